The van der Waals surface area contributed by atoms with Gasteiger partial charge in [-0.2, -0.15) is 0 Å². The van der Waals surface area contributed by atoms with Crippen LogP contribution in [0.3, 0.4) is 0 Å². The molecule has 3 N–H and O–H groups in total. The summed E-state index contributed by atoms with van der Waals surface area (Å²) < 4.78 is 0. The molecule has 0 aliphatic carbocycles. The molecule has 0 heterocycles. The van der Waals surface area contributed by atoms with E-state index in [0.29, 0.717) is 39.0 Å². The van der Waals surface area contributed by atoms with E-state index >= 15 is 0 Å². The maximum Gasteiger partial charge on any atom is 0.272 e. The molecule has 1 unspecified atom stereocenters. The summed E-state index contributed by atoms with van der Waals surface area (Å²) in [7, 11) is 0. The van der Waals surface area contributed by atoms with Gasteiger partial charge in [-0.1, -0.05) is 84.7 Å². The van der Waals surface area contributed by atoms with E-state index in [1.165, 1.54) is 17.8 Å². The van der Waals surface area contributed by atoms with E-state index in [0.717, 1.165) is 4.90 Å². The fourth-order valence-electron chi connectivity index (χ4n) is 3.80. The Kier molecular flexibility index (Phi) is 10.6. The van der Waals surface area contributed by atoms with Crippen molar-refractivity contribution in [3.8, 4) is 0 Å². The zero-order valence-corrected chi connectivity index (χ0v) is 24.4. The Morgan fingerprint density at radius 1 is 0.805 bits per heavy atom. The van der Waals surface area contributed by atoms with Gasteiger partial charge in [0.25, 0.3) is 11.8 Å². The van der Waals surface area contributed by atoms with Gasteiger partial charge in [0.15, 0.2) is 0 Å². The molecule has 208 valence electrons. The minimum Gasteiger partial charge on any atom is -0.324 e. The normalized spacial score (nSPS) is 11.8. The molecule has 4 aromatic rings. The van der Waals surface area contributed by atoms with Crippen molar-refractivity contribution in [2.75, 3.05) is 10.6 Å². The van der Waals surface area contributed by atoms with Gasteiger partial charge in [0.05, 0.1) is 16.0 Å². The summed E-state index contributed by atoms with van der Waals surface area (Å²) in [6.45, 7) is 1.93. The number of rotatable bonds is 10. The fraction of sp³-hybridized carbons (Fsp3) is 0.0938. The van der Waals surface area contributed by atoms with E-state index in [1.807, 2.05) is 13.0 Å². The van der Waals surface area contributed by atoms with E-state index in [-0.39, 0.29) is 11.6 Å². The van der Waals surface area contributed by atoms with Crippen molar-refractivity contribution in [2.45, 2.75) is 23.5 Å². The van der Waals surface area contributed by atoms with Crippen LogP contribution in [0.5, 0.6) is 0 Å². The molecular formula is C32H27Cl2N3O3S. The van der Waals surface area contributed by atoms with Crippen LogP contribution < -0.4 is 16.0 Å². The molecule has 3 amide bonds. The molecule has 0 saturated carbocycles. The van der Waals surface area contributed by atoms with Crippen LogP contribution in [0.25, 0.3) is 6.08 Å². The minimum absolute atomic E-state index is 0.0237. The SMILES string of the molecule is CCC(Sc1cccc(NC(=O)/C(=C\c2ccccc2Cl)NC(=O)c2ccccc2)c1)C(=O)Nc1ccccc1Cl. The third-order valence-electron chi connectivity index (χ3n) is 5.90. The average Bonchev–Trinajstić information content (AvgIpc) is 2.98. The molecule has 0 radical (unpaired) electrons. The van der Waals surface area contributed by atoms with Gasteiger partial charge in [0, 0.05) is 21.2 Å². The number of halogens is 2. The van der Waals surface area contributed by atoms with Crippen LogP contribution in [0, 0.1) is 0 Å². The molecule has 0 aliphatic rings. The Hall–Kier alpha value is -4.04. The second kappa shape index (κ2) is 14.6. The lowest BCUT2D eigenvalue weighted by Gasteiger charge is -2.16. The van der Waals surface area contributed by atoms with Gasteiger partial charge < -0.3 is 16.0 Å². The number of nitrogens with one attached hydrogen (secondary N) is 3. The second-order valence-corrected chi connectivity index (χ2v) is 11.0. The summed E-state index contributed by atoms with van der Waals surface area (Å²) >= 11 is 13.9. The number of amides is 3. The van der Waals surface area contributed by atoms with Crippen LogP contribution in [0.15, 0.2) is 114 Å². The summed E-state index contributed by atoms with van der Waals surface area (Å²) in [5.41, 5.74) is 2.06. The Balaban J connectivity index is 1.51. The molecule has 0 aromatic heterocycles. The molecule has 0 bridgehead atoms. The lowest BCUT2D eigenvalue weighted by atomic mass is 10.1. The van der Waals surface area contributed by atoms with E-state index < -0.39 is 17.1 Å². The number of benzene rings is 4. The van der Waals surface area contributed by atoms with Crippen molar-refractivity contribution in [1.29, 1.82) is 0 Å². The lowest BCUT2D eigenvalue weighted by Crippen LogP contribution is -2.30. The molecule has 4 rings (SSSR count). The molecule has 9 heteroatoms. The van der Waals surface area contributed by atoms with Crippen molar-refractivity contribution in [2.24, 2.45) is 0 Å². The summed E-state index contributed by atoms with van der Waals surface area (Å²) in [6.07, 6.45) is 2.11. The maximum absolute atomic E-state index is 13.4. The molecule has 0 saturated heterocycles. The quantitative estimate of drug-likeness (QED) is 0.127. The van der Waals surface area contributed by atoms with Gasteiger partial charge >= 0.3 is 0 Å². The minimum atomic E-state index is -0.528. The van der Waals surface area contributed by atoms with Gasteiger partial charge in [-0.05, 0) is 66.6 Å². The number of hydrogen-bond acceptors (Lipinski definition) is 4. The second-order valence-electron chi connectivity index (χ2n) is 8.87. The van der Waals surface area contributed by atoms with Crippen molar-refractivity contribution >= 4 is 70.1 Å². The summed E-state index contributed by atoms with van der Waals surface area (Å²) in [6, 6.07) is 29.9. The first kappa shape index (κ1) is 29.9. The van der Waals surface area contributed by atoms with Crippen molar-refractivity contribution in [3.63, 3.8) is 0 Å². The van der Waals surface area contributed by atoms with Crippen LogP contribution in [-0.4, -0.2) is 23.0 Å². The van der Waals surface area contributed by atoms with E-state index in [4.69, 9.17) is 23.2 Å². The van der Waals surface area contributed by atoms with Crippen molar-refractivity contribution in [3.05, 3.63) is 130 Å². The van der Waals surface area contributed by atoms with E-state index in [9.17, 15) is 14.4 Å². The maximum atomic E-state index is 13.4. The Bertz CT molecular complexity index is 1580. The summed E-state index contributed by atoms with van der Waals surface area (Å²) in [4.78, 5) is 40.0. The smallest absolute Gasteiger partial charge is 0.272 e. The van der Waals surface area contributed by atoms with E-state index in [1.54, 1.807) is 97.1 Å². The Morgan fingerprint density at radius 2 is 1.49 bits per heavy atom. The topological polar surface area (TPSA) is 87.3 Å². The zero-order valence-electron chi connectivity index (χ0n) is 22.1. The first-order chi connectivity index (χ1) is 19.8. The number of hydrogen-bond donors (Lipinski definition) is 3. The standard InChI is InChI=1S/C32H27Cl2N3O3S/c1-2-29(32(40)36-27-18-9-8-17-26(27)34)41-24-15-10-14-23(20-24)35-31(39)28(19-22-13-6-7-16-25(22)33)37-30(38)21-11-4-3-5-12-21/h3-20,29H,2H2,1H3,(H,35,39)(H,36,40)(H,37,38)/b28-19+. The molecule has 6 nitrogen and oxygen atoms in total. The van der Waals surface area contributed by atoms with Crippen molar-refractivity contribution < 1.29 is 14.4 Å². The van der Waals surface area contributed by atoms with Crippen LogP contribution >= 0.6 is 35.0 Å². The highest BCUT2D eigenvalue weighted by atomic mass is 35.5. The molecule has 0 spiro atoms. The van der Waals surface area contributed by atoms with Gasteiger partial charge in [-0.25, -0.2) is 0 Å². The predicted octanol–water partition coefficient (Wildman–Crippen LogP) is 7.91. The van der Waals surface area contributed by atoms with Gasteiger partial charge in [0.2, 0.25) is 5.91 Å². The molecule has 4 aromatic carbocycles. The predicted molar refractivity (Wildman–Crippen MR) is 168 cm³/mol. The Morgan fingerprint density at radius 3 is 2.20 bits per heavy atom. The number of para-hydroxylation sites is 1. The number of carbonyl (C=O) groups is 3. The number of anilines is 2. The average molecular weight is 605 g/mol. The highest BCUT2D eigenvalue weighted by Gasteiger charge is 2.20. The van der Waals surface area contributed by atoms with Crippen LogP contribution in [0.4, 0.5) is 11.4 Å². The lowest BCUT2D eigenvalue weighted by molar-refractivity contribution is -0.116. The third kappa shape index (κ3) is 8.47. The molecule has 0 aliphatic heterocycles. The fourth-order valence-corrected chi connectivity index (χ4v) is 5.18. The molecule has 41 heavy (non-hydrogen) atoms. The van der Waals surface area contributed by atoms with Crippen molar-refractivity contribution in [1.82, 2.24) is 5.32 Å². The van der Waals surface area contributed by atoms with Gasteiger partial charge in [-0.3, -0.25) is 14.4 Å². The van der Waals surface area contributed by atoms with Crippen LogP contribution in [-0.2, 0) is 9.59 Å². The monoisotopic (exact) mass is 603 g/mol. The Labute approximate surface area is 253 Å². The molecular weight excluding hydrogens is 577 g/mol. The largest absolute Gasteiger partial charge is 0.324 e. The van der Waals surface area contributed by atoms with E-state index in [2.05, 4.69) is 16.0 Å². The molecule has 0 fully saturated rings. The zero-order chi connectivity index (χ0) is 29.2. The van der Waals surface area contributed by atoms with Crippen LogP contribution in [0.2, 0.25) is 10.0 Å². The third-order valence-corrected chi connectivity index (χ3v) is 7.93. The highest BCUT2D eigenvalue weighted by Crippen LogP contribution is 2.30. The molecule has 1 atom stereocenters. The van der Waals surface area contributed by atoms with Gasteiger partial charge in [0.1, 0.15) is 5.70 Å². The summed E-state index contributed by atoms with van der Waals surface area (Å²) in [5.74, 6) is -1.13. The summed E-state index contributed by atoms with van der Waals surface area (Å²) in [5, 5.41) is 8.95. The van der Waals surface area contributed by atoms with Gasteiger partial charge in [-0.15, -0.1) is 11.8 Å². The number of carbonyl (C=O) groups excluding carboxylic acids is 3. The first-order valence-corrected chi connectivity index (χ1v) is 14.4. The highest BCUT2D eigenvalue weighted by molar-refractivity contribution is 8.00. The number of thioether (sulfide) groups is 1. The first-order valence-electron chi connectivity index (χ1n) is 12.8. The van der Waals surface area contributed by atoms with Crippen LogP contribution in [0.1, 0.15) is 29.3 Å².